The molecular formula is C23H29N5O5. The zero-order valence-corrected chi connectivity index (χ0v) is 18.9. The van der Waals surface area contributed by atoms with Crippen LogP contribution in [0.15, 0.2) is 47.7 Å². The van der Waals surface area contributed by atoms with Gasteiger partial charge in [-0.1, -0.05) is 18.2 Å². The van der Waals surface area contributed by atoms with Crippen molar-refractivity contribution in [2.75, 3.05) is 27.2 Å². The number of carbonyl (C=O) groups is 4. The van der Waals surface area contributed by atoms with Crippen molar-refractivity contribution in [3.05, 3.63) is 58.8 Å². The van der Waals surface area contributed by atoms with Gasteiger partial charge in [-0.3, -0.25) is 29.5 Å². The largest absolute Gasteiger partial charge is 0.481 e. The highest BCUT2D eigenvalue weighted by molar-refractivity contribution is 5.99. The molecule has 33 heavy (non-hydrogen) atoms. The lowest BCUT2D eigenvalue weighted by atomic mass is 9.83. The number of hydrogen-bond donors (Lipinski definition) is 4. The number of nitrogens with zero attached hydrogens (tertiary/aromatic N) is 2. The molecule has 1 unspecified atom stereocenters. The zero-order chi connectivity index (χ0) is 24.8. The van der Waals surface area contributed by atoms with Crippen molar-refractivity contribution in [3.8, 4) is 0 Å². The van der Waals surface area contributed by atoms with Gasteiger partial charge in [-0.2, -0.15) is 0 Å². The Kier molecular flexibility index (Phi) is 8.25. The van der Waals surface area contributed by atoms with E-state index < -0.39 is 11.5 Å². The second-order valence-corrected chi connectivity index (χ2v) is 8.13. The fourth-order valence-electron chi connectivity index (χ4n) is 3.37. The van der Waals surface area contributed by atoms with Gasteiger partial charge in [0, 0.05) is 36.0 Å². The summed E-state index contributed by atoms with van der Waals surface area (Å²) in [5.41, 5.74) is 6.15. The zero-order valence-electron chi connectivity index (χ0n) is 18.9. The lowest BCUT2D eigenvalue weighted by molar-refractivity contribution is -0.139. The molecule has 0 aromatic heterocycles. The molecular weight excluding hydrogens is 426 g/mol. The third-order valence-electron chi connectivity index (χ3n) is 5.72. The molecule has 0 spiro atoms. The highest BCUT2D eigenvalue weighted by Gasteiger charge is 2.37. The van der Waals surface area contributed by atoms with E-state index in [4.69, 9.17) is 16.2 Å². The first-order valence-electron chi connectivity index (χ1n) is 10.3. The van der Waals surface area contributed by atoms with Gasteiger partial charge in [-0.15, -0.1) is 0 Å². The van der Waals surface area contributed by atoms with Gasteiger partial charge in [-0.25, -0.2) is 0 Å². The number of aliphatic carboxylic acids is 1. The minimum Gasteiger partial charge on any atom is -0.481 e. The van der Waals surface area contributed by atoms with Gasteiger partial charge < -0.3 is 21.1 Å². The SMILES string of the molecule is CN(CCC(=O)O)CC(=O)N(C)C1(C)CC=C(NC(=O)c2ccc(C(=N)N)cc2)C=C1C=O. The van der Waals surface area contributed by atoms with Gasteiger partial charge in [0.15, 0.2) is 0 Å². The Morgan fingerprint density at radius 2 is 1.82 bits per heavy atom. The summed E-state index contributed by atoms with van der Waals surface area (Å²) in [7, 11) is 3.25. The monoisotopic (exact) mass is 455 g/mol. The average Bonchev–Trinajstić information content (AvgIpc) is 2.78. The number of carbonyl (C=O) groups excluding carboxylic acids is 3. The van der Waals surface area contributed by atoms with Crippen molar-refractivity contribution in [2.24, 2.45) is 5.73 Å². The molecule has 0 radical (unpaired) electrons. The minimum atomic E-state index is -0.942. The molecule has 2 amide bonds. The van der Waals surface area contributed by atoms with Gasteiger partial charge in [0.05, 0.1) is 18.5 Å². The smallest absolute Gasteiger partial charge is 0.304 e. The van der Waals surface area contributed by atoms with E-state index in [0.29, 0.717) is 35.1 Å². The third kappa shape index (κ3) is 6.36. The van der Waals surface area contributed by atoms with Crippen molar-refractivity contribution in [2.45, 2.75) is 25.3 Å². The van der Waals surface area contributed by atoms with E-state index in [9.17, 15) is 19.2 Å². The number of aldehydes is 1. The summed E-state index contributed by atoms with van der Waals surface area (Å²) < 4.78 is 0. The van der Waals surface area contributed by atoms with E-state index in [-0.39, 0.29) is 37.2 Å². The van der Waals surface area contributed by atoms with Crippen LogP contribution in [-0.4, -0.2) is 77.5 Å². The third-order valence-corrected chi connectivity index (χ3v) is 5.72. The van der Waals surface area contributed by atoms with Crippen molar-refractivity contribution in [3.63, 3.8) is 0 Å². The number of rotatable bonds is 10. The van der Waals surface area contributed by atoms with Crippen molar-refractivity contribution >= 4 is 29.9 Å². The molecule has 1 aromatic rings. The highest BCUT2D eigenvalue weighted by atomic mass is 16.4. The number of nitrogens with one attached hydrogen (secondary N) is 2. The molecule has 2 rings (SSSR count). The summed E-state index contributed by atoms with van der Waals surface area (Å²) >= 11 is 0. The van der Waals surface area contributed by atoms with Gasteiger partial charge in [0.1, 0.15) is 12.1 Å². The van der Waals surface area contributed by atoms with Gasteiger partial charge >= 0.3 is 5.97 Å². The van der Waals surface area contributed by atoms with Crippen LogP contribution < -0.4 is 11.1 Å². The molecule has 176 valence electrons. The number of amides is 2. The summed E-state index contributed by atoms with van der Waals surface area (Å²) in [4.78, 5) is 51.0. The second-order valence-electron chi connectivity index (χ2n) is 8.13. The normalized spacial score (nSPS) is 17.6. The maximum atomic E-state index is 12.8. The van der Waals surface area contributed by atoms with Crippen LogP contribution >= 0.6 is 0 Å². The number of amidine groups is 1. The standard InChI is InChI=1S/C23H29N5O5/c1-23(28(3)19(30)13-27(2)11-9-20(31)32)10-8-18(12-17(23)14-29)26-22(33)16-6-4-15(5-7-16)21(24)25/h4-8,12,14H,9-11,13H2,1-3H3,(H3,24,25)(H,26,33)(H,31,32). The van der Waals surface area contributed by atoms with Crippen LogP contribution in [-0.2, 0) is 14.4 Å². The quantitative estimate of drug-likeness (QED) is 0.230. The number of nitrogen functional groups attached to an aromatic ring is 1. The summed E-state index contributed by atoms with van der Waals surface area (Å²) in [5, 5.41) is 19.0. The maximum Gasteiger partial charge on any atom is 0.304 e. The Morgan fingerprint density at radius 3 is 2.36 bits per heavy atom. The molecule has 1 atom stereocenters. The number of allylic oxidation sites excluding steroid dienone is 1. The molecule has 0 saturated heterocycles. The van der Waals surface area contributed by atoms with E-state index in [2.05, 4.69) is 5.32 Å². The topological polar surface area (TPSA) is 157 Å². The van der Waals surface area contributed by atoms with Crippen LogP contribution in [0.2, 0.25) is 0 Å². The van der Waals surface area contributed by atoms with Crippen molar-refractivity contribution < 1.29 is 24.3 Å². The van der Waals surface area contributed by atoms with E-state index in [1.165, 1.54) is 11.0 Å². The number of carboxylic acid groups (broad SMARTS) is 1. The van der Waals surface area contributed by atoms with Crippen molar-refractivity contribution in [1.29, 1.82) is 5.41 Å². The first-order valence-corrected chi connectivity index (χ1v) is 10.3. The van der Waals surface area contributed by atoms with Crippen LogP contribution in [0, 0.1) is 5.41 Å². The van der Waals surface area contributed by atoms with E-state index >= 15 is 0 Å². The van der Waals surface area contributed by atoms with Gasteiger partial charge in [-0.05, 0) is 38.6 Å². The second kappa shape index (κ2) is 10.7. The molecule has 0 fully saturated rings. The summed E-state index contributed by atoms with van der Waals surface area (Å²) in [6, 6.07) is 6.25. The van der Waals surface area contributed by atoms with Crippen LogP contribution in [0.3, 0.4) is 0 Å². The van der Waals surface area contributed by atoms with Crippen LogP contribution in [0.4, 0.5) is 0 Å². The van der Waals surface area contributed by atoms with Crippen LogP contribution in [0.25, 0.3) is 0 Å². The fourth-order valence-corrected chi connectivity index (χ4v) is 3.37. The number of hydrogen-bond acceptors (Lipinski definition) is 6. The Hall–Kier alpha value is -3.79. The Balaban J connectivity index is 2.09. The minimum absolute atomic E-state index is 0.00900. The Labute approximate surface area is 192 Å². The van der Waals surface area contributed by atoms with Gasteiger partial charge in [0.2, 0.25) is 5.91 Å². The van der Waals surface area contributed by atoms with Crippen molar-refractivity contribution in [1.82, 2.24) is 15.1 Å². The van der Waals surface area contributed by atoms with Crippen LogP contribution in [0.1, 0.15) is 35.7 Å². The van der Waals surface area contributed by atoms with Crippen LogP contribution in [0.5, 0.6) is 0 Å². The molecule has 5 N–H and O–H groups in total. The first-order chi connectivity index (χ1) is 15.5. The highest BCUT2D eigenvalue weighted by Crippen LogP contribution is 2.31. The lowest BCUT2D eigenvalue weighted by Gasteiger charge is -2.41. The number of likely N-dealkylation sites (N-methyl/N-ethyl adjacent to an activating group) is 2. The van der Waals surface area contributed by atoms with Gasteiger partial charge in [0.25, 0.3) is 5.91 Å². The Morgan fingerprint density at radius 1 is 1.21 bits per heavy atom. The molecule has 1 aliphatic carbocycles. The predicted octanol–water partition coefficient (Wildman–Crippen LogP) is 0.737. The molecule has 0 heterocycles. The predicted molar refractivity (Wildman–Crippen MR) is 123 cm³/mol. The van der Waals surface area contributed by atoms with E-state index in [0.717, 1.165) is 0 Å². The average molecular weight is 456 g/mol. The molecule has 1 aromatic carbocycles. The maximum absolute atomic E-state index is 12.8. The number of carboxylic acids is 1. The first kappa shape index (κ1) is 25.5. The summed E-state index contributed by atoms with van der Waals surface area (Å²) in [6.45, 7) is 2.00. The molecule has 0 saturated carbocycles. The summed E-state index contributed by atoms with van der Waals surface area (Å²) in [5.74, 6) is -1.68. The Bertz CT molecular complexity index is 1010. The lowest BCUT2D eigenvalue weighted by Crippen LogP contribution is -2.52. The summed E-state index contributed by atoms with van der Waals surface area (Å²) in [6.07, 6.45) is 4.17. The molecule has 10 heteroatoms. The van der Waals surface area contributed by atoms with E-state index in [1.54, 1.807) is 56.3 Å². The molecule has 1 aliphatic rings. The molecule has 0 bridgehead atoms. The number of nitrogens with two attached hydrogens (primary N) is 1. The van der Waals surface area contributed by atoms with E-state index in [1.807, 2.05) is 0 Å². The molecule has 10 nitrogen and oxygen atoms in total. The fraction of sp³-hybridized carbons (Fsp3) is 0.348. The molecule has 0 aliphatic heterocycles. The number of benzene rings is 1.